The van der Waals surface area contributed by atoms with Gasteiger partial charge in [-0.05, 0) is 36.8 Å². The van der Waals surface area contributed by atoms with Gasteiger partial charge in [0.15, 0.2) is 17.3 Å². The summed E-state index contributed by atoms with van der Waals surface area (Å²) in [6, 6.07) is 6.98. The van der Waals surface area contributed by atoms with Crippen LogP contribution in [0.3, 0.4) is 0 Å². The highest BCUT2D eigenvalue weighted by atomic mass is 16.5. The van der Waals surface area contributed by atoms with E-state index in [9.17, 15) is 10.2 Å². The van der Waals surface area contributed by atoms with Gasteiger partial charge in [0, 0.05) is 29.6 Å². The second kappa shape index (κ2) is 8.17. The van der Waals surface area contributed by atoms with E-state index in [1.165, 1.54) is 16.7 Å². The molecule has 28 heavy (non-hydrogen) atoms. The number of benzene rings is 1. The number of ether oxygens (including phenoxy) is 1. The van der Waals surface area contributed by atoms with Gasteiger partial charge < -0.3 is 19.5 Å². The van der Waals surface area contributed by atoms with Crippen molar-refractivity contribution in [3.63, 3.8) is 0 Å². The fourth-order valence-electron chi connectivity index (χ4n) is 3.42. The Morgan fingerprint density at radius 3 is 2.46 bits per heavy atom. The van der Waals surface area contributed by atoms with Gasteiger partial charge in [-0.1, -0.05) is 39.3 Å². The van der Waals surface area contributed by atoms with Crippen molar-refractivity contribution < 1.29 is 19.5 Å². The highest BCUT2D eigenvalue weighted by molar-refractivity contribution is 5.84. The van der Waals surface area contributed by atoms with Crippen LogP contribution in [0.15, 0.2) is 28.8 Å². The molecule has 0 atom stereocenters. The molecule has 2 N–H and O–H groups in total. The van der Waals surface area contributed by atoms with E-state index < -0.39 is 0 Å². The second-order valence-electron chi connectivity index (χ2n) is 8.44. The molecule has 0 amide bonds. The average Bonchev–Trinajstić information content (AvgIpc) is 3.16. The number of fused-ring (bicyclic) bond motifs is 1. The monoisotopic (exact) mass is 386 g/mol. The first-order valence-corrected chi connectivity index (χ1v) is 9.90. The van der Waals surface area contributed by atoms with Gasteiger partial charge in [-0.25, -0.2) is 0 Å². The fraction of sp³-hybridized carbons (Fsp3) is 0.500. The Balaban J connectivity index is 1.74. The van der Waals surface area contributed by atoms with Crippen molar-refractivity contribution in [2.45, 2.75) is 59.9 Å². The van der Waals surface area contributed by atoms with Crippen molar-refractivity contribution in [2.75, 3.05) is 6.61 Å². The highest BCUT2D eigenvalue weighted by Crippen LogP contribution is 2.33. The van der Waals surface area contributed by atoms with Crippen LogP contribution in [0, 0.1) is 5.41 Å². The summed E-state index contributed by atoms with van der Waals surface area (Å²) in [5, 5.41) is 24.8. The van der Waals surface area contributed by atoms with Crippen LogP contribution in [0.5, 0.6) is 17.5 Å². The van der Waals surface area contributed by atoms with E-state index in [0.717, 1.165) is 47.2 Å². The van der Waals surface area contributed by atoms with Crippen molar-refractivity contribution in [1.82, 2.24) is 9.72 Å². The van der Waals surface area contributed by atoms with Gasteiger partial charge in [-0.3, -0.25) is 4.57 Å². The van der Waals surface area contributed by atoms with Crippen LogP contribution in [0.2, 0.25) is 0 Å². The third-order valence-corrected chi connectivity index (χ3v) is 4.69. The molecule has 0 fully saturated rings. The van der Waals surface area contributed by atoms with Crippen LogP contribution in [0.4, 0.5) is 0 Å². The first-order valence-electron chi connectivity index (χ1n) is 9.90. The first-order chi connectivity index (χ1) is 13.3. The lowest BCUT2D eigenvalue weighted by Crippen LogP contribution is -2.09. The molecule has 2 heterocycles. The lowest BCUT2D eigenvalue weighted by Gasteiger charge is -2.16. The normalized spacial score (nSPS) is 12.0. The van der Waals surface area contributed by atoms with Crippen molar-refractivity contribution in [3.05, 3.63) is 35.5 Å². The zero-order chi connectivity index (χ0) is 20.3. The number of hydrogen-bond donors (Lipinski definition) is 2. The molecule has 3 rings (SSSR count). The van der Waals surface area contributed by atoms with E-state index in [0.29, 0.717) is 19.6 Å². The third kappa shape index (κ3) is 4.43. The summed E-state index contributed by atoms with van der Waals surface area (Å²) in [6.45, 7) is 9.66. The molecule has 0 saturated carbocycles. The molecule has 0 spiro atoms. The molecule has 0 saturated heterocycles. The Kier molecular flexibility index (Phi) is 5.87. The molecule has 0 bridgehead atoms. The minimum Gasteiger partial charge on any atom is -0.494 e. The zero-order valence-corrected chi connectivity index (χ0v) is 17.2. The van der Waals surface area contributed by atoms with E-state index >= 15 is 0 Å². The third-order valence-electron chi connectivity index (χ3n) is 4.69. The minimum absolute atomic E-state index is 0.0543. The molecule has 6 nitrogen and oxygen atoms in total. The van der Waals surface area contributed by atoms with E-state index in [4.69, 9.17) is 9.26 Å². The summed E-state index contributed by atoms with van der Waals surface area (Å²) in [5.41, 5.74) is 3.00. The van der Waals surface area contributed by atoms with Gasteiger partial charge in [0.1, 0.15) is 5.75 Å². The van der Waals surface area contributed by atoms with Gasteiger partial charge >= 0.3 is 0 Å². The smallest absolute Gasteiger partial charge is 0.193 e. The van der Waals surface area contributed by atoms with E-state index in [-0.39, 0.29) is 17.2 Å². The Morgan fingerprint density at radius 1 is 1.11 bits per heavy atom. The number of aromatic nitrogens is 2. The van der Waals surface area contributed by atoms with E-state index in [1.807, 2.05) is 12.1 Å². The van der Waals surface area contributed by atoms with Crippen LogP contribution in [-0.4, -0.2) is 26.5 Å². The van der Waals surface area contributed by atoms with Gasteiger partial charge in [-0.2, -0.15) is 0 Å². The zero-order valence-electron chi connectivity index (χ0n) is 17.2. The van der Waals surface area contributed by atoms with Crippen molar-refractivity contribution in [1.29, 1.82) is 0 Å². The van der Waals surface area contributed by atoms with Crippen LogP contribution in [-0.2, 0) is 19.4 Å². The van der Waals surface area contributed by atoms with Crippen molar-refractivity contribution in [3.8, 4) is 17.5 Å². The van der Waals surface area contributed by atoms with Gasteiger partial charge in [0.25, 0.3) is 0 Å². The van der Waals surface area contributed by atoms with Crippen LogP contribution in [0.1, 0.15) is 51.8 Å². The molecule has 0 aliphatic carbocycles. The topological polar surface area (TPSA) is 80.7 Å². The average molecular weight is 386 g/mol. The van der Waals surface area contributed by atoms with Gasteiger partial charge in [0.05, 0.1) is 12.3 Å². The summed E-state index contributed by atoms with van der Waals surface area (Å²) in [5.74, 6) is 0.922. The highest BCUT2D eigenvalue weighted by Gasteiger charge is 2.20. The number of nitrogens with zero attached hydrogens (tertiary/aromatic N) is 2. The number of rotatable bonds is 8. The quantitative estimate of drug-likeness (QED) is 0.530. The minimum atomic E-state index is 0.0543. The molecule has 2 aromatic heterocycles. The van der Waals surface area contributed by atoms with E-state index in [2.05, 4.69) is 32.9 Å². The lowest BCUT2D eigenvalue weighted by molar-refractivity contribution is 0.287. The molecule has 0 radical (unpaired) electrons. The van der Waals surface area contributed by atoms with Crippen LogP contribution >= 0.6 is 0 Å². The molecule has 0 unspecified atom stereocenters. The molecule has 1 aromatic carbocycles. The van der Waals surface area contributed by atoms with Gasteiger partial charge in [-0.15, -0.1) is 0 Å². The SMILES string of the molecule is CCCc1c(OCCCn2c(O)ccc2O)ccc2c(CC(C)(C)C)noc12. The Hall–Kier alpha value is -2.63. The molecule has 152 valence electrons. The number of aryl methyl sites for hydroxylation is 1. The summed E-state index contributed by atoms with van der Waals surface area (Å²) in [7, 11) is 0. The first kappa shape index (κ1) is 20.1. The maximum Gasteiger partial charge on any atom is 0.193 e. The predicted molar refractivity (Wildman–Crippen MR) is 109 cm³/mol. The molecule has 6 heteroatoms. The maximum atomic E-state index is 9.71. The molecular formula is C22H30N2O4. The second-order valence-corrected chi connectivity index (χ2v) is 8.44. The predicted octanol–water partition coefficient (Wildman–Crippen LogP) is 5.05. The molecular weight excluding hydrogens is 356 g/mol. The molecule has 3 aromatic rings. The van der Waals surface area contributed by atoms with Gasteiger partial charge in [0.2, 0.25) is 0 Å². The van der Waals surface area contributed by atoms with Crippen molar-refractivity contribution in [2.24, 2.45) is 5.41 Å². The Bertz CT molecular complexity index is 915. The fourth-order valence-corrected chi connectivity index (χ4v) is 3.42. The van der Waals surface area contributed by atoms with Crippen LogP contribution in [0.25, 0.3) is 11.0 Å². The lowest BCUT2D eigenvalue weighted by atomic mass is 9.89. The Morgan fingerprint density at radius 2 is 1.82 bits per heavy atom. The summed E-state index contributed by atoms with van der Waals surface area (Å²) >= 11 is 0. The maximum absolute atomic E-state index is 9.71. The largest absolute Gasteiger partial charge is 0.494 e. The Labute approximate surface area is 165 Å². The summed E-state index contributed by atoms with van der Waals surface area (Å²) < 4.78 is 13.2. The van der Waals surface area contributed by atoms with Crippen LogP contribution < -0.4 is 4.74 Å². The number of hydrogen-bond acceptors (Lipinski definition) is 5. The number of aromatic hydroxyl groups is 2. The van der Waals surface area contributed by atoms with E-state index in [1.54, 1.807) is 0 Å². The molecule has 0 aliphatic heterocycles. The molecule has 0 aliphatic rings. The van der Waals surface area contributed by atoms with Crippen molar-refractivity contribution >= 4 is 11.0 Å². The summed E-state index contributed by atoms with van der Waals surface area (Å²) in [6.07, 6.45) is 3.35. The standard InChI is InChI=1S/C22H30N2O4/c1-5-7-16-18(27-13-6-12-24-19(25)10-11-20(24)26)9-8-15-17(14-22(2,3)4)23-28-21(15)16/h8-11,25-26H,5-7,12-14H2,1-4H3. The summed E-state index contributed by atoms with van der Waals surface area (Å²) in [4.78, 5) is 0.